The third-order valence-electron chi connectivity index (χ3n) is 4.15. The Morgan fingerprint density at radius 3 is 3.12 bits per heavy atom. The molecule has 3 heterocycles. The summed E-state index contributed by atoms with van der Waals surface area (Å²) in [6, 6.07) is 6.88. The first-order chi connectivity index (χ1) is 7.84. The fourth-order valence-electron chi connectivity index (χ4n) is 3.16. The minimum absolute atomic E-state index is 0.696. The average Bonchev–Trinajstić information content (AvgIpc) is 2.86. The van der Waals surface area contributed by atoms with E-state index in [0.29, 0.717) is 6.04 Å². The van der Waals surface area contributed by atoms with Gasteiger partial charge in [-0.05, 0) is 44.0 Å². The maximum absolute atomic E-state index is 4.41. The minimum Gasteiger partial charge on any atom is -0.316 e. The van der Waals surface area contributed by atoms with Gasteiger partial charge in [-0.25, -0.2) is 0 Å². The Labute approximate surface area is 96.9 Å². The zero-order chi connectivity index (χ0) is 11.0. The standard InChI is InChI=1S/C13H19N3/c1-10-13-7-14-6-11(13)8-16(10)9-12-4-2-3-5-15-12/h2-5,10-11,13-14H,6-9H2,1H3. The van der Waals surface area contributed by atoms with Crippen LogP contribution >= 0.6 is 0 Å². The van der Waals surface area contributed by atoms with E-state index in [1.54, 1.807) is 0 Å². The highest BCUT2D eigenvalue weighted by molar-refractivity contribution is 5.05. The van der Waals surface area contributed by atoms with E-state index >= 15 is 0 Å². The van der Waals surface area contributed by atoms with Crippen LogP contribution < -0.4 is 5.32 Å². The lowest BCUT2D eigenvalue weighted by Gasteiger charge is -2.23. The van der Waals surface area contributed by atoms with Crippen molar-refractivity contribution < 1.29 is 0 Å². The van der Waals surface area contributed by atoms with Crippen molar-refractivity contribution in [3.63, 3.8) is 0 Å². The second-order valence-corrected chi connectivity index (χ2v) is 5.07. The van der Waals surface area contributed by atoms with Gasteiger partial charge in [0.1, 0.15) is 0 Å². The second kappa shape index (κ2) is 4.15. The van der Waals surface area contributed by atoms with E-state index in [-0.39, 0.29) is 0 Å². The molecule has 1 aromatic heterocycles. The first-order valence-corrected chi connectivity index (χ1v) is 6.19. The highest BCUT2D eigenvalue weighted by Crippen LogP contribution is 2.32. The highest BCUT2D eigenvalue weighted by atomic mass is 15.2. The number of hydrogen-bond donors (Lipinski definition) is 1. The predicted octanol–water partition coefficient (Wildman–Crippen LogP) is 1.12. The van der Waals surface area contributed by atoms with Crippen molar-refractivity contribution in [1.82, 2.24) is 15.2 Å². The van der Waals surface area contributed by atoms with Crippen LogP contribution in [0.2, 0.25) is 0 Å². The Balaban J connectivity index is 1.69. The summed E-state index contributed by atoms with van der Waals surface area (Å²) >= 11 is 0. The zero-order valence-corrected chi connectivity index (χ0v) is 9.76. The molecule has 16 heavy (non-hydrogen) atoms. The Morgan fingerprint density at radius 2 is 2.38 bits per heavy atom. The predicted molar refractivity (Wildman–Crippen MR) is 64.0 cm³/mol. The van der Waals surface area contributed by atoms with Gasteiger partial charge in [0.25, 0.3) is 0 Å². The number of likely N-dealkylation sites (tertiary alicyclic amines) is 1. The fourth-order valence-corrected chi connectivity index (χ4v) is 3.16. The molecule has 2 aliphatic heterocycles. The van der Waals surface area contributed by atoms with Crippen molar-refractivity contribution in [3.8, 4) is 0 Å². The molecule has 3 atom stereocenters. The molecular weight excluding hydrogens is 198 g/mol. The molecule has 0 saturated carbocycles. The topological polar surface area (TPSA) is 28.2 Å². The number of aromatic nitrogens is 1. The second-order valence-electron chi connectivity index (χ2n) is 5.07. The molecule has 0 aliphatic carbocycles. The number of hydrogen-bond acceptors (Lipinski definition) is 3. The van der Waals surface area contributed by atoms with Gasteiger partial charge >= 0.3 is 0 Å². The van der Waals surface area contributed by atoms with Gasteiger partial charge in [-0.3, -0.25) is 9.88 Å². The Bertz CT molecular complexity index is 351. The third kappa shape index (κ3) is 1.74. The van der Waals surface area contributed by atoms with Gasteiger partial charge in [0.05, 0.1) is 5.69 Å². The lowest BCUT2D eigenvalue weighted by molar-refractivity contribution is 0.229. The molecule has 1 aromatic rings. The molecule has 0 aromatic carbocycles. The van der Waals surface area contributed by atoms with Crippen LogP contribution in [0, 0.1) is 11.8 Å². The zero-order valence-electron chi connectivity index (χ0n) is 9.76. The molecule has 1 N–H and O–H groups in total. The van der Waals surface area contributed by atoms with E-state index in [4.69, 9.17) is 0 Å². The van der Waals surface area contributed by atoms with Gasteiger partial charge in [-0.15, -0.1) is 0 Å². The number of rotatable bonds is 2. The van der Waals surface area contributed by atoms with Crippen molar-refractivity contribution in [1.29, 1.82) is 0 Å². The van der Waals surface area contributed by atoms with E-state index in [2.05, 4.69) is 34.3 Å². The lowest BCUT2D eigenvalue weighted by Crippen LogP contribution is -2.32. The molecule has 0 spiro atoms. The molecule has 3 heteroatoms. The number of nitrogens with zero attached hydrogens (tertiary/aromatic N) is 2. The molecule has 3 unspecified atom stereocenters. The van der Waals surface area contributed by atoms with E-state index in [1.165, 1.54) is 25.3 Å². The van der Waals surface area contributed by atoms with Crippen molar-refractivity contribution in [2.24, 2.45) is 11.8 Å². The summed E-state index contributed by atoms with van der Waals surface area (Å²) in [5.74, 6) is 1.71. The maximum Gasteiger partial charge on any atom is 0.0544 e. The van der Waals surface area contributed by atoms with Crippen LogP contribution in [-0.2, 0) is 6.54 Å². The first kappa shape index (κ1) is 10.2. The molecule has 2 aliphatic rings. The van der Waals surface area contributed by atoms with Crippen molar-refractivity contribution >= 4 is 0 Å². The number of nitrogens with one attached hydrogen (secondary N) is 1. The van der Waals surface area contributed by atoms with Gasteiger partial charge in [0.2, 0.25) is 0 Å². The quantitative estimate of drug-likeness (QED) is 0.804. The summed E-state index contributed by atoms with van der Waals surface area (Å²) in [6.07, 6.45) is 1.89. The van der Waals surface area contributed by atoms with Gasteiger partial charge in [-0.2, -0.15) is 0 Å². The lowest BCUT2D eigenvalue weighted by atomic mass is 9.95. The van der Waals surface area contributed by atoms with E-state index in [0.717, 1.165) is 18.4 Å². The fraction of sp³-hybridized carbons (Fsp3) is 0.615. The Morgan fingerprint density at radius 1 is 1.44 bits per heavy atom. The van der Waals surface area contributed by atoms with Crippen LogP contribution in [0.4, 0.5) is 0 Å². The Hall–Kier alpha value is -0.930. The van der Waals surface area contributed by atoms with Crippen molar-refractivity contribution in [2.45, 2.75) is 19.5 Å². The summed E-state index contributed by atoms with van der Waals surface area (Å²) in [5.41, 5.74) is 1.20. The highest BCUT2D eigenvalue weighted by Gasteiger charge is 2.41. The van der Waals surface area contributed by atoms with Crippen molar-refractivity contribution in [3.05, 3.63) is 30.1 Å². The monoisotopic (exact) mass is 217 g/mol. The smallest absolute Gasteiger partial charge is 0.0544 e. The number of pyridine rings is 1. The molecule has 2 saturated heterocycles. The van der Waals surface area contributed by atoms with Crippen LogP contribution in [0.1, 0.15) is 12.6 Å². The maximum atomic E-state index is 4.41. The van der Waals surface area contributed by atoms with Crippen LogP contribution in [0.25, 0.3) is 0 Å². The van der Waals surface area contributed by atoms with E-state index in [1.807, 2.05) is 12.3 Å². The van der Waals surface area contributed by atoms with Gasteiger partial charge in [0, 0.05) is 25.3 Å². The summed E-state index contributed by atoms with van der Waals surface area (Å²) in [7, 11) is 0. The SMILES string of the molecule is CC1C2CNCC2CN1Cc1ccccn1. The molecule has 0 amide bonds. The van der Waals surface area contributed by atoms with Gasteiger partial charge in [0.15, 0.2) is 0 Å². The van der Waals surface area contributed by atoms with Crippen LogP contribution in [0.5, 0.6) is 0 Å². The normalized spacial score (nSPS) is 34.2. The van der Waals surface area contributed by atoms with Crippen LogP contribution in [0.3, 0.4) is 0 Å². The summed E-state index contributed by atoms with van der Waals surface area (Å²) in [6.45, 7) is 7.00. The van der Waals surface area contributed by atoms with Crippen molar-refractivity contribution in [2.75, 3.05) is 19.6 Å². The molecule has 0 radical (unpaired) electrons. The Kier molecular flexibility index (Phi) is 2.65. The van der Waals surface area contributed by atoms with Crippen LogP contribution in [0.15, 0.2) is 24.4 Å². The van der Waals surface area contributed by atoms with E-state index < -0.39 is 0 Å². The molecule has 86 valence electrons. The van der Waals surface area contributed by atoms with Crippen LogP contribution in [-0.4, -0.2) is 35.6 Å². The third-order valence-corrected chi connectivity index (χ3v) is 4.15. The summed E-state index contributed by atoms with van der Waals surface area (Å²) in [5, 5.41) is 3.50. The summed E-state index contributed by atoms with van der Waals surface area (Å²) in [4.78, 5) is 7.00. The molecule has 3 nitrogen and oxygen atoms in total. The first-order valence-electron chi connectivity index (χ1n) is 6.19. The summed E-state index contributed by atoms with van der Waals surface area (Å²) < 4.78 is 0. The van der Waals surface area contributed by atoms with Gasteiger partial charge in [-0.1, -0.05) is 6.07 Å². The largest absolute Gasteiger partial charge is 0.316 e. The van der Waals surface area contributed by atoms with E-state index in [9.17, 15) is 0 Å². The molecular formula is C13H19N3. The minimum atomic E-state index is 0.696. The number of fused-ring (bicyclic) bond motifs is 1. The molecule has 0 bridgehead atoms. The average molecular weight is 217 g/mol. The molecule has 2 fully saturated rings. The van der Waals surface area contributed by atoms with Gasteiger partial charge < -0.3 is 5.32 Å². The molecule has 3 rings (SSSR count).